The van der Waals surface area contributed by atoms with Gasteiger partial charge in [0.2, 0.25) is 0 Å². The first-order valence-corrected chi connectivity index (χ1v) is 9.33. The van der Waals surface area contributed by atoms with Crippen molar-refractivity contribution in [3.05, 3.63) is 57.9 Å². The number of likely N-dealkylation sites (N-methyl/N-ethyl adjacent to an activating group) is 1. The second-order valence-corrected chi connectivity index (χ2v) is 7.33. The standard InChI is InChI=1S/C19H23N5OS/c1-5-7-13(6-2)10-24(4)11-17-21-15-8-16(14-9-20-23-12(14)3)26-18(15)19(25)22-17/h5-9H,10-11H2,1-4H3,(H,20,23)(H,21,22,25)/b7-5-,13-6+. The van der Waals surface area contributed by atoms with E-state index in [-0.39, 0.29) is 5.56 Å². The molecular formula is C19H23N5OS. The number of hydrogen-bond acceptors (Lipinski definition) is 5. The molecule has 0 bridgehead atoms. The molecule has 0 radical (unpaired) electrons. The van der Waals surface area contributed by atoms with Gasteiger partial charge in [0.1, 0.15) is 10.5 Å². The average Bonchev–Trinajstić information content (AvgIpc) is 3.20. The molecule has 7 heteroatoms. The van der Waals surface area contributed by atoms with E-state index in [2.05, 4.69) is 37.2 Å². The predicted molar refractivity (Wildman–Crippen MR) is 107 cm³/mol. The molecule has 3 aromatic heterocycles. The fourth-order valence-electron chi connectivity index (χ4n) is 2.87. The van der Waals surface area contributed by atoms with Crippen molar-refractivity contribution in [1.29, 1.82) is 0 Å². The van der Waals surface area contributed by atoms with Crippen LogP contribution in [0.25, 0.3) is 20.7 Å². The molecule has 0 aromatic carbocycles. The molecule has 0 saturated heterocycles. The molecule has 3 heterocycles. The Kier molecular flexibility index (Phi) is 5.49. The molecule has 0 aliphatic heterocycles. The first-order chi connectivity index (χ1) is 12.5. The van der Waals surface area contributed by atoms with Gasteiger partial charge in [-0.15, -0.1) is 11.3 Å². The number of aromatic nitrogens is 4. The largest absolute Gasteiger partial charge is 0.308 e. The lowest BCUT2D eigenvalue weighted by atomic mass is 10.2. The summed E-state index contributed by atoms with van der Waals surface area (Å²) in [5.41, 5.74) is 3.87. The summed E-state index contributed by atoms with van der Waals surface area (Å²) in [4.78, 5) is 23.2. The van der Waals surface area contributed by atoms with Crippen LogP contribution in [0.3, 0.4) is 0 Å². The third-order valence-electron chi connectivity index (χ3n) is 4.15. The minimum absolute atomic E-state index is 0.0875. The second-order valence-electron chi connectivity index (χ2n) is 6.28. The predicted octanol–water partition coefficient (Wildman–Crippen LogP) is 3.64. The van der Waals surface area contributed by atoms with Crippen molar-refractivity contribution in [2.45, 2.75) is 27.3 Å². The van der Waals surface area contributed by atoms with E-state index in [1.54, 1.807) is 6.20 Å². The summed E-state index contributed by atoms with van der Waals surface area (Å²) in [5.74, 6) is 0.675. The van der Waals surface area contributed by atoms with Crippen molar-refractivity contribution in [2.24, 2.45) is 0 Å². The van der Waals surface area contributed by atoms with Crippen LogP contribution >= 0.6 is 11.3 Å². The van der Waals surface area contributed by atoms with E-state index in [9.17, 15) is 4.79 Å². The summed E-state index contributed by atoms with van der Waals surface area (Å²) in [7, 11) is 2.02. The average molecular weight is 369 g/mol. The number of thiophene rings is 1. The van der Waals surface area contributed by atoms with Gasteiger partial charge in [-0.25, -0.2) is 4.98 Å². The molecule has 0 spiro atoms. The van der Waals surface area contributed by atoms with Gasteiger partial charge >= 0.3 is 0 Å². The van der Waals surface area contributed by atoms with Crippen LogP contribution in [0, 0.1) is 6.92 Å². The topological polar surface area (TPSA) is 77.7 Å². The Labute approximate surface area is 156 Å². The van der Waals surface area contributed by atoms with Gasteiger partial charge in [-0.2, -0.15) is 5.10 Å². The van der Waals surface area contributed by atoms with E-state index in [0.29, 0.717) is 17.1 Å². The van der Waals surface area contributed by atoms with Gasteiger partial charge in [0.15, 0.2) is 0 Å². The fourth-order valence-corrected chi connectivity index (χ4v) is 3.93. The maximum Gasteiger partial charge on any atom is 0.268 e. The Morgan fingerprint density at radius 3 is 2.85 bits per heavy atom. The smallest absolute Gasteiger partial charge is 0.268 e. The summed E-state index contributed by atoms with van der Waals surface area (Å²) in [6, 6.07) is 1.97. The molecule has 3 aromatic rings. The first kappa shape index (κ1) is 18.3. The Bertz CT molecular complexity index is 1020. The van der Waals surface area contributed by atoms with Crippen molar-refractivity contribution >= 4 is 21.6 Å². The molecule has 26 heavy (non-hydrogen) atoms. The minimum atomic E-state index is -0.0875. The van der Waals surface area contributed by atoms with Crippen LogP contribution in [-0.2, 0) is 6.54 Å². The van der Waals surface area contributed by atoms with Crippen molar-refractivity contribution in [3.8, 4) is 10.4 Å². The number of aryl methyl sites for hydroxylation is 1. The van der Waals surface area contributed by atoms with Crippen LogP contribution in [0.2, 0.25) is 0 Å². The Morgan fingerprint density at radius 2 is 2.19 bits per heavy atom. The fraction of sp³-hybridized carbons (Fsp3) is 0.316. The molecule has 0 aliphatic carbocycles. The summed E-state index contributed by atoms with van der Waals surface area (Å²) in [5, 5.41) is 6.99. The number of nitrogens with zero attached hydrogens (tertiary/aromatic N) is 3. The van der Waals surface area contributed by atoms with Crippen LogP contribution in [-0.4, -0.2) is 38.7 Å². The molecule has 3 rings (SSSR count). The van der Waals surface area contributed by atoms with Gasteiger partial charge in [-0.1, -0.05) is 18.2 Å². The summed E-state index contributed by atoms with van der Waals surface area (Å²) < 4.78 is 0.648. The van der Waals surface area contributed by atoms with Gasteiger partial charge in [0.25, 0.3) is 5.56 Å². The van der Waals surface area contributed by atoms with Gasteiger partial charge < -0.3 is 4.98 Å². The van der Waals surface area contributed by atoms with Crippen LogP contribution in [0.4, 0.5) is 0 Å². The molecule has 0 fully saturated rings. The van der Waals surface area contributed by atoms with E-state index in [1.807, 2.05) is 40.0 Å². The molecule has 0 atom stereocenters. The monoisotopic (exact) mass is 369 g/mol. The Balaban J connectivity index is 1.87. The third-order valence-corrected chi connectivity index (χ3v) is 5.31. The molecule has 0 unspecified atom stereocenters. The molecule has 2 N–H and O–H groups in total. The highest BCUT2D eigenvalue weighted by Gasteiger charge is 2.13. The lowest BCUT2D eigenvalue weighted by Gasteiger charge is -2.16. The zero-order valence-corrected chi connectivity index (χ0v) is 16.3. The number of fused-ring (bicyclic) bond motifs is 1. The number of hydrogen-bond donors (Lipinski definition) is 2. The molecule has 136 valence electrons. The maximum absolute atomic E-state index is 12.5. The highest BCUT2D eigenvalue weighted by atomic mass is 32.1. The summed E-state index contributed by atoms with van der Waals surface area (Å²) in [6.45, 7) is 7.38. The molecule has 0 aliphatic rings. The van der Waals surface area contributed by atoms with Gasteiger partial charge in [0.05, 0.1) is 18.3 Å². The lowest BCUT2D eigenvalue weighted by molar-refractivity contribution is 0.348. The highest BCUT2D eigenvalue weighted by molar-refractivity contribution is 7.22. The molecular weight excluding hydrogens is 346 g/mol. The van der Waals surface area contributed by atoms with Gasteiger partial charge in [-0.05, 0) is 39.5 Å². The third kappa shape index (κ3) is 3.84. The van der Waals surface area contributed by atoms with Crippen LogP contribution < -0.4 is 5.56 Å². The second kappa shape index (κ2) is 7.80. The summed E-state index contributed by atoms with van der Waals surface area (Å²) >= 11 is 1.45. The van der Waals surface area contributed by atoms with Crippen molar-refractivity contribution in [3.63, 3.8) is 0 Å². The quantitative estimate of drug-likeness (QED) is 0.650. The van der Waals surface area contributed by atoms with Crippen molar-refractivity contribution < 1.29 is 0 Å². The zero-order chi connectivity index (χ0) is 18.7. The van der Waals surface area contributed by atoms with Gasteiger partial charge in [-0.3, -0.25) is 14.8 Å². The van der Waals surface area contributed by atoms with E-state index in [4.69, 9.17) is 0 Å². The van der Waals surface area contributed by atoms with Crippen molar-refractivity contribution in [2.75, 3.05) is 13.6 Å². The van der Waals surface area contributed by atoms with E-state index in [1.165, 1.54) is 16.9 Å². The number of H-pyrrole nitrogens is 2. The zero-order valence-electron chi connectivity index (χ0n) is 15.5. The van der Waals surface area contributed by atoms with Crippen LogP contribution in [0.1, 0.15) is 25.4 Å². The summed E-state index contributed by atoms with van der Waals surface area (Å²) in [6.07, 6.45) is 7.99. The van der Waals surface area contributed by atoms with Crippen LogP contribution in [0.5, 0.6) is 0 Å². The van der Waals surface area contributed by atoms with E-state index < -0.39 is 0 Å². The SMILES string of the molecule is C/C=C\C(=C/C)CN(C)Cc1nc2cc(-c3cn[nH]c3C)sc2c(=O)[nH]1. The first-order valence-electron chi connectivity index (χ1n) is 8.51. The van der Waals surface area contributed by atoms with E-state index >= 15 is 0 Å². The number of nitrogens with one attached hydrogen (secondary N) is 2. The van der Waals surface area contributed by atoms with Crippen LogP contribution in [0.15, 0.2) is 40.9 Å². The normalized spacial score (nSPS) is 12.7. The highest BCUT2D eigenvalue weighted by Crippen LogP contribution is 2.31. The van der Waals surface area contributed by atoms with Gasteiger partial charge in [0, 0.05) is 22.7 Å². The Morgan fingerprint density at radius 1 is 1.38 bits per heavy atom. The molecule has 0 amide bonds. The minimum Gasteiger partial charge on any atom is -0.308 e. The number of aromatic amines is 2. The molecule has 0 saturated carbocycles. The number of allylic oxidation sites excluding steroid dienone is 2. The van der Waals surface area contributed by atoms with Crippen molar-refractivity contribution in [1.82, 2.24) is 25.1 Å². The lowest BCUT2D eigenvalue weighted by Crippen LogP contribution is -2.23. The van der Waals surface area contributed by atoms with E-state index in [0.717, 1.165) is 28.2 Å². The Hall–Kier alpha value is -2.51. The number of rotatable bonds is 6. The maximum atomic E-state index is 12.5. The molecule has 6 nitrogen and oxygen atoms in total.